The standard InChI is InChI=1S/C11H23N/c1-6-11(5)9(4)7-10(11)12-8(2)3/h8-10,12H,6-7H2,1-5H3/t9-,10?,11?/m1/s1. The van der Waals surface area contributed by atoms with Crippen LogP contribution in [0.3, 0.4) is 0 Å². The molecule has 0 radical (unpaired) electrons. The van der Waals surface area contributed by atoms with Crippen molar-refractivity contribution in [2.24, 2.45) is 11.3 Å². The third-order valence-corrected chi connectivity index (χ3v) is 3.81. The van der Waals surface area contributed by atoms with Crippen LogP contribution in [-0.2, 0) is 0 Å². The van der Waals surface area contributed by atoms with Crippen LogP contribution in [0.1, 0.15) is 47.5 Å². The summed E-state index contributed by atoms with van der Waals surface area (Å²) in [5, 5.41) is 3.65. The highest BCUT2D eigenvalue weighted by atomic mass is 15.0. The number of hydrogen-bond acceptors (Lipinski definition) is 1. The molecule has 1 rings (SSSR count). The second-order valence-electron chi connectivity index (χ2n) is 4.87. The molecule has 0 aromatic carbocycles. The van der Waals surface area contributed by atoms with Gasteiger partial charge in [-0.15, -0.1) is 0 Å². The molecule has 72 valence electrons. The number of rotatable bonds is 3. The van der Waals surface area contributed by atoms with Gasteiger partial charge in [-0.2, -0.15) is 0 Å². The Morgan fingerprint density at radius 3 is 2.42 bits per heavy atom. The molecule has 0 bridgehead atoms. The van der Waals surface area contributed by atoms with Crippen LogP contribution >= 0.6 is 0 Å². The quantitative estimate of drug-likeness (QED) is 0.685. The highest BCUT2D eigenvalue weighted by Gasteiger charge is 2.47. The zero-order valence-corrected chi connectivity index (χ0v) is 9.15. The van der Waals surface area contributed by atoms with Crippen LogP contribution in [0.2, 0.25) is 0 Å². The fourth-order valence-electron chi connectivity index (χ4n) is 2.33. The summed E-state index contributed by atoms with van der Waals surface area (Å²) < 4.78 is 0. The van der Waals surface area contributed by atoms with E-state index in [1.54, 1.807) is 0 Å². The van der Waals surface area contributed by atoms with E-state index in [0.29, 0.717) is 11.5 Å². The minimum absolute atomic E-state index is 0.560. The molecule has 3 atom stereocenters. The molecule has 0 spiro atoms. The minimum atomic E-state index is 0.560. The summed E-state index contributed by atoms with van der Waals surface area (Å²) in [6.45, 7) is 11.6. The van der Waals surface area contributed by atoms with Gasteiger partial charge in [-0.25, -0.2) is 0 Å². The van der Waals surface area contributed by atoms with Gasteiger partial charge in [0.25, 0.3) is 0 Å². The molecule has 1 nitrogen and oxygen atoms in total. The highest BCUT2D eigenvalue weighted by Crippen LogP contribution is 2.48. The predicted molar refractivity (Wildman–Crippen MR) is 54.2 cm³/mol. The Morgan fingerprint density at radius 1 is 1.50 bits per heavy atom. The third kappa shape index (κ3) is 1.52. The van der Waals surface area contributed by atoms with E-state index in [1.807, 2.05) is 0 Å². The largest absolute Gasteiger partial charge is 0.311 e. The van der Waals surface area contributed by atoms with Crippen LogP contribution in [-0.4, -0.2) is 12.1 Å². The van der Waals surface area contributed by atoms with Crippen LogP contribution in [0.5, 0.6) is 0 Å². The van der Waals surface area contributed by atoms with Crippen molar-refractivity contribution >= 4 is 0 Å². The minimum Gasteiger partial charge on any atom is -0.311 e. The Kier molecular flexibility index (Phi) is 2.82. The first-order valence-electron chi connectivity index (χ1n) is 5.26. The van der Waals surface area contributed by atoms with Gasteiger partial charge in [0, 0.05) is 12.1 Å². The van der Waals surface area contributed by atoms with Gasteiger partial charge in [0.1, 0.15) is 0 Å². The summed E-state index contributed by atoms with van der Waals surface area (Å²) in [6.07, 6.45) is 2.67. The van der Waals surface area contributed by atoms with Gasteiger partial charge < -0.3 is 5.32 Å². The molecule has 2 unspecified atom stereocenters. The second-order valence-corrected chi connectivity index (χ2v) is 4.87. The lowest BCUT2D eigenvalue weighted by Gasteiger charge is -2.54. The van der Waals surface area contributed by atoms with Crippen LogP contribution < -0.4 is 5.32 Å². The average molecular weight is 169 g/mol. The van der Waals surface area contributed by atoms with Gasteiger partial charge in [0.05, 0.1) is 0 Å². The van der Waals surface area contributed by atoms with E-state index < -0.39 is 0 Å². The molecular formula is C11H23N. The lowest BCUT2D eigenvalue weighted by atomic mass is 9.57. The lowest BCUT2D eigenvalue weighted by Crippen LogP contribution is -2.58. The van der Waals surface area contributed by atoms with Crippen molar-refractivity contribution in [3.05, 3.63) is 0 Å². The maximum atomic E-state index is 3.65. The lowest BCUT2D eigenvalue weighted by molar-refractivity contribution is 0.000240. The Labute approximate surface area is 76.9 Å². The molecule has 0 aromatic rings. The van der Waals surface area contributed by atoms with Crippen molar-refractivity contribution in [3.63, 3.8) is 0 Å². The van der Waals surface area contributed by atoms with Gasteiger partial charge in [0.15, 0.2) is 0 Å². The van der Waals surface area contributed by atoms with Gasteiger partial charge >= 0.3 is 0 Å². The van der Waals surface area contributed by atoms with E-state index >= 15 is 0 Å². The molecule has 1 heteroatoms. The van der Waals surface area contributed by atoms with E-state index in [-0.39, 0.29) is 0 Å². The summed E-state index contributed by atoms with van der Waals surface area (Å²) in [5.74, 6) is 0.902. The predicted octanol–water partition coefficient (Wildman–Crippen LogP) is 2.81. The molecule has 0 aromatic heterocycles. The average Bonchev–Trinajstić information content (AvgIpc) is 2.02. The third-order valence-electron chi connectivity index (χ3n) is 3.81. The van der Waals surface area contributed by atoms with Crippen molar-refractivity contribution in [2.75, 3.05) is 0 Å². The van der Waals surface area contributed by atoms with Crippen LogP contribution in [0.4, 0.5) is 0 Å². The van der Waals surface area contributed by atoms with Gasteiger partial charge in [-0.05, 0) is 24.2 Å². The Balaban J connectivity index is 2.48. The number of hydrogen-bond donors (Lipinski definition) is 1. The van der Waals surface area contributed by atoms with E-state index in [9.17, 15) is 0 Å². The summed E-state index contributed by atoms with van der Waals surface area (Å²) in [5.41, 5.74) is 0.560. The van der Waals surface area contributed by atoms with E-state index in [2.05, 4.69) is 39.9 Å². The van der Waals surface area contributed by atoms with E-state index in [1.165, 1.54) is 12.8 Å². The van der Waals surface area contributed by atoms with Crippen LogP contribution in [0.15, 0.2) is 0 Å². The molecule has 1 fully saturated rings. The normalized spacial score (nSPS) is 41.5. The molecule has 12 heavy (non-hydrogen) atoms. The zero-order chi connectivity index (χ0) is 9.35. The summed E-state index contributed by atoms with van der Waals surface area (Å²) in [4.78, 5) is 0. The van der Waals surface area contributed by atoms with Crippen molar-refractivity contribution in [1.82, 2.24) is 5.32 Å². The molecule has 0 aliphatic heterocycles. The highest BCUT2D eigenvalue weighted by molar-refractivity contribution is 5.01. The number of nitrogens with one attached hydrogen (secondary N) is 1. The van der Waals surface area contributed by atoms with Crippen molar-refractivity contribution in [3.8, 4) is 0 Å². The smallest absolute Gasteiger partial charge is 0.0128 e. The monoisotopic (exact) mass is 169 g/mol. The summed E-state index contributed by atoms with van der Waals surface area (Å²) in [6, 6.07) is 1.39. The molecule has 0 saturated heterocycles. The van der Waals surface area contributed by atoms with Crippen LogP contribution in [0, 0.1) is 11.3 Å². The summed E-state index contributed by atoms with van der Waals surface area (Å²) in [7, 11) is 0. The molecular weight excluding hydrogens is 146 g/mol. The molecule has 0 amide bonds. The Morgan fingerprint density at radius 2 is 2.08 bits per heavy atom. The van der Waals surface area contributed by atoms with Crippen LogP contribution in [0.25, 0.3) is 0 Å². The van der Waals surface area contributed by atoms with E-state index in [4.69, 9.17) is 0 Å². The van der Waals surface area contributed by atoms with E-state index in [0.717, 1.165) is 12.0 Å². The van der Waals surface area contributed by atoms with Crippen molar-refractivity contribution in [1.29, 1.82) is 0 Å². The van der Waals surface area contributed by atoms with Crippen molar-refractivity contribution in [2.45, 2.75) is 59.5 Å². The maximum absolute atomic E-state index is 3.65. The first-order valence-corrected chi connectivity index (χ1v) is 5.26. The maximum Gasteiger partial charge on any atom is 0.0128 e. The fourth-order valence-corrected chi connectivity index (χ4v) is 2.33. The molecule has 1 aliphatic rings. The SMILES string of the molecule is CCC1(C)C(NC(C)C)C[C@H]1C. The molecule has 1 aliphatic carbocycles. The zero-order valence-electron chi connectivity index (χ0n) is 9.15. The van der Waals surface area contributed by atoms with Crippen molar-refractivity contribution < 1.29 is 0 Å². The fraction of sp³-hybridized carbons (Fsp3) is 1.00. The molecule has 1 saturated carbocycles. The first kappa shape index (κ1) is 10.0. The summed E-state index contributed by atoms with van der Waals surface area (Å²) >= 11 is 0. The first-order chi connectivity index (χ1) is 5.50. The van der Waals surface area contributed by atoms with Gasteiger partial charge in [-0.3, -0.25) is 0 Å². The van der Waals surface area contributed by atoms with Gasteiger partial charge in [0.2, 0.25) is 0 Å². The Hall–Kier alpha value is -0.0400. The van der Waals surface area contributed by atoms with Gasteiger partial charge in [-0.1, -0.05) is 34.6 Å². The molecule has 0 heterocycles. The molecule has 1 N–H and O–H groups in total. The topological polar surface area (TPSA) is 12.0 Å². The Bertz CT molecular complexity index is 153. The second kappa shape index (κ2) is 3.37.